The number of esters is 1. The molecule has 0 N–H and O–H groups in total. The lowest BCUT2D eigenvalue weighted by atomic mass is 9.84. The first-order valence-electron chi connectivity index (χ1n) is 7.75. The van der Waals surface area contributed by atoms with Gasteiger partial charge in [-0.25, -0.2) is 4.79 Å². The molecule has 0 spiro atoms. The molecule has 0 radical (unpaired) electrons. The van der Waals surface area contributed by atoms with E-state index in [1.54, 1.807) is 0 Å². The summed E-state index contributed by atoms with van der Waals surface area (Å²) < 4.78 is 5.49. The second-order valence-corrected chi connectivity index (χ2v) is 6.58. The summed E-state index contributed by atoms with van der Waals surface area (Å²) in [6.07, 6.45) is 5.01. The van der Waals surface area contributed by atoms with Crippen molar-refractivity contribution in [1.29, 1.82) is 0 Å². The van der Waals surface area contributed by atoms with Gasteiger partial charge in [0.05, 0.1) is 0 Å². The van der Waals surface area contributed by atoms with Gasteiger partial charge in [-0.15, -0.1) is 0 Å². The average Bonchev–Trinajstić information content (AvgIpc) is 2.57. The van der Waals surface area contributed by atoms with E-state index in [1.807, 2.05) is 13.8 Å². The zero-order chi connectivity index (χ0) is 14.6. The van der Waals surface area contributed by atoms with E-state index in [0.29, 0.717) is 11.8 Å². The standard InChI is InChI=1S/C17H30O2/c1-7-8-11(2)9-12(3)10-13(4)16-14(5)15(6)17(18)19-16/h11-13,16H,7-10H2,1-6H3. The molecular formula is C17H30O2. The summed E-state index contributed by atoms with van der Waals surface area (Å²) in [5.74, 6) is 1.80. The van der Waals surface area contributed by atoms with E-state index in [9.17, 15) is 4.79 Å². The molecule has 1 heterocycles. The fraction of sp³-hybridized carbons (Fsp3) is 0.824. The van der Waals surface area contributed by atoms with E-state index in [0.717, 1.165) is 23.5 Å². The molecule has 0 saturated heterocycles. The van der Waals surface area contributed by atoms with E-state index in [2.05, 4.69) is 27.7 Å². The van der Waals surface area contributed by atoms with Crippen molar-refractivity contribution in [3.05, 3.63) is 11.1 Å². The lowest BCUT2D eigenvalue weighted by Gasteiger charge is -2.24. The van der Waals surface area contributed by atoms with E-state index < -0.39 is 0 Å². The third-order valence-electron chi connectivity index (χ3n) is 4.44. The van der Waals surface area contributed by atoms with Gasteiger partial charge in [-0.2, -0.15) is 0 Å². The Labute approximate surface area is 118 Å². The van der Waals surface area contributed by atoms with Gasteiger partial charge in [0.2, 0.25) is 0 Å². The van der Waals surface area contributed by atoms with Gasteiger partial charge in [0.15, 0.2) is 0 Å². The van der Waals surface area contributed by atoms with Crippen LogP contribution in [0.5, 0.6) is 0 Å². The fourth-order valence-corrected chi connectivity index (χ4v) is 3.36. The molecule has 0 amide bonds. The maximum Gasteiger partial charge on any atom is 0.334 e. The van der Waals surface area contributed by atoms with Crippen LogP contribution in [0.1, 0.15) is 67.2 Å². The molecule has 0 aromatic carbocycles. The van der Waals surface area contributed by atoms with Gasteiger partial charge in [0, 0.05) is 5.57 Å². The third-order valence-corrected chi connectivity index (χ3v) is 4.44. The molecule has 2 nitrogen and oxygen atoms in total. The Hall–Kier alpha value is -0.790. The van der Waals surface area contributed by atoms with Crippen LogP contribution in [-0.2, 0) is 9.53 Å². The molecule has 0 bridgehead atoms. The SMILES string of the molecule is CCCC(C)CC(C)CC(C)C1OC(=O)C(C)=C1C. The first kappa shape index (κ1) is 16.3. The van der Waals surface area contributed by atoms with Gasteiger partial charge < -0.3 is 4.74 Å². The van der Waals surface area contributed by atoms with Crippen LogP contribution in [0.25, 0.3) is 0 Å². The van der Waals surface area contributed by atoms with Gasteiger partial charge >= 0.3 is 5.97 Å². The highest BCUT2D eigenvalue weighted by molar-refractivity contribution is 5.91. The molecule has 4 unspecified atom stereocenters. The lowest BCUT2D eigenvalue weighted by molar-refractivity contribution is -0.141. The maximum absolute atomic E-state index is 11.6. The van der Waals surface area contributed by atoms with Crippen LogP contribution >= 0.6 is 0 Å². The van der Waals surface area contributed by atoms with Gasteiger partial charge in [-0.05, 0) is 50.0 Å². The third kappa shape index (κ3) is 4.36. The molecule has 0 aliphatic carbocycles. The molecule has 19 heavy (non-hydrogen) atoms. The molecule has 0 aromatic heterocycles. The van der Waals surface area contributed by atoms with Crippen LogP contribution < -0.4 is 0 Å². The van der Waals surface area contributed by atoms with Crippen LogP contribution in [0.3, 0.4) is 0 Å². The molecule has 0 fully saturated rings. The monoisotopic (exact) mass is 266 g/mol. The first-order valence-corrected chi connectivity index (χ1v) is 7.75. The normalized spacial score (nSPS) is 24.3. The Morgan fingerprint density at radius 2 is 1.74 bits per heavy atom. The maximum atomic E-state index is 11.6. The molecule has 4 atom stereocenters. The quantitative estimate of drug-likeness (QED) is 0.622. The number of hydrogen-bond donors (Lipinski definition) is 0. The summed E-state index contributed by atoms with van der Waals surface area (Å²) in [5.41, 5.74) is 1.94. The Balaban J connectivity index is 2.47. The second kappa shape index (κ2) is 7.12. The highest BCUT2D eigenvalue weighted by atomic mass is 16.5. The van der Waals surface area contributed by atoms with Crippen LogP contribution in [0.15, 0.2) is 11.1 Å². The Morgan fingerprint density at radius 3 is 2.21 bits per heavy atom. The molecule has 2 heteroatoms. The topological polar surface area (TPSA) is 26.3 Å². The minimum absolute atomic E-state index is 0.0106. The van der Waals surface area contributed by atoms with Crippen molar-refractivity contribution in [3.8, 4) is 0 Å². The number of carbonyl (C=O) groups excluding carboxylic acids is 1. The van der Waals surface area contributed by atoms with Crippen molar-refractivity contribution in [1.82, 2.24) is 0 Å². The van der Waals surface area contributed by atoms with Gasteiger partial charge in [-0.1, -0.05) is 40.5 Å². The first-order chi connectivity index (χ1) is 8.86. The predicted octanol–water partition coefficient (Wildman–Crippen LogP) is 4.74. The van der Waals surface area contributed by atoms with Crippen LogP contribution in [0, 0.1) is 17.8 Å². The zero-order valence-electron chi connectivity index (χ0n) is 13.5. The number of ether oxygens (including phenoxy) is 1. The molecular weight excluding hydrogens is 236 g/mol. The van der Waals surface area contributed by atoms with Crippen molar-refractivity contribution in [2.24, 2.45) is 17.8 Å². The van der Waals surface area contributed by atoms with Crippen LogP contribution in [-0.4, -0.2) is 12.1 Å². The zero-order valence-corrected chi connectivity index (χ0v) is 13.5. The number of carbonyl (C=O) groups is 1. The molecule has 1 aliphatic rings. The molecule has 1 rings (SSSR count). The Morgan fingerprint density at radius 1 is 1.11 bits per heavy atom. The van der Waals surface area contributed by atoms with E-state index in [4.69, 9.17) is 4.74 Å². The largest absolute Gasteiger partial charge is 0.454 e. The molecule has 0 saturated carbocycles. The number of hydrogen-bond acceptors (Lipinski definition) is 2. The van der Waals surface area contributed by atoms with Gasteiger partial charge in [0.1, 0.15) is 6.10 Å². The van der Waals surface area contributed by atoms with Crippen LogP contribution in [0.2, 0.25) is 0 Å². The Bertz CT molecular complexity index is 343. The summed E-state index contributed by atoms with van der Waals surface area (Å²) in [6.45, 7) is 13.0. The molecule has 1 aliphatic heterocycles. The average molecular weight is 266 g/mol. The fourth-order valence-electron chi connectivity index (χ4n) is 3.36. The number of rotatable bonds is 7. The summed E-state index contributed by atoms with van der Waals surface area (Å²) >= 11 is 0. The van der Waals surface area contributed by atoms with Gasteiger partial charge in [-0.3, -0.25) is 0 Å². The van der Waals surface area contributed by atoms with Crippen molar-refractivity contribution in [3.63, 3.8) is 0 Å². The van der Waals surface area contributed by atoms with Crippen molar-refractivity contribution >= 4 is 5.97 Å². The van der Waals surface area contributed by atoms with Gasteiger partial charge in [0.25, 0.3) is 0 Å². The van der Waals surface area contributed by atoms with Crippen molar-refractivity contribution in [2.45, 2.75) is 73.3 Å². The minimum Gasteiger partial charge on any atom is -0.454 e. The lowest BCUT2D eigenvalue weighted by Crippen LogP contribution is -2.22. The molecule has 110 valence electrons. The van der Waals surface area contributed by atoms with Crippen LogP contribution in [0.4, 0.5) is 0 Å². The summed E-state index contributed by atoms with van der Waals surface area (Å²) in [5, 5.41) is 0. The predicted molar refractivity (Wildman–Crippen MR) is 79.9 cm³/mol. The van der Waals surface area contributed by atoms with Crippen molar-refractivity contribution < 1.29 is 9.53 Å². The highest BCUT2D eigenvalue weighted by Crippen LogP contribution is 2.32. The van der Waals surface area contributed by atoms with E-state index in [-0.39, 0.29) is 12.1 Å². The van der Waals surface area contributed by atoms with E-state index >= 15 is 0 Å². The summed E-state index contributed by atoms with van der Waals surface area (Å²) in [4.78, 5) is 11.6. The molecule has 0 aromatic rings. The minimum atomic E-state index is -0.124. The van der Waals surface area contributed by atoms with E-state index in [1.165, 1.54) is 19.3 Å². The second-order valence-electron chi connectivity index (χ2n) is 6.58. The van der Waals surface area contributed by atoms with Crippen molar-refractivity contribution in [2.75, 3.05) is 0 Å². The summed E-state index contributed by atoms with van der Waals surface area (Å²) in [6, 6.07) is 0. The highest BCUT2D eigenvalue weighted by Gasteiger charge is 2.33. The summed E-state index contributed by atoms with van der Waals surface area (Å²) in [7, 11) is 0. The smallest absolute Gasteiger partial charge is 0.334 e. The Kier molecular flexibility index (Phi) is 6.09. The number of cyclic esters (lactones) is 1.